The lowest BCUT2D eigenvalue weighted by molar-refractivity contribution is 0.247. The van der Waals surface area contributed by atoms with Gasteiger partial charge in [0, 0.05) is 50.0 Å². The molecule has 0 amide bonds. The first-order chi connectivity index (χ1) is 14.7. The first kappa shape index (κ1) is 18.5. The van der Waals surface area contributed by atoms with Crippen LogP contribution in [0.4, 0.5) is 10.1 Å². The summed E-state index contributed by atoms with van der Waals surface area (Å²) in [5.74, 6) is 0.479. The smallest absolute Gasteiger partial charge is 0.274 e. The molecule has 0 bridgehead atoms. The van der Waals surface area contributed by atoms with Gasteiger partial charge in [-0.25, -0.2) is 9.37 Å². The molecule has 0 unspecified atom stereocenters. The molecule has 2 aromatic heterocycles. The van der Waals surface area contributed by atoms with Crippen LogP contribution in [0.2, 0.25) is 0 Å². The molecule has 4 aromatic rings. The van der Waals surface area contributed by atoms with Gasteiger partial charge in [0.2, 0.25) is 0 Å². The molecule has 8 heteroatoms. The van der Waals surface area contributed by atoms with Gasteiger partial charge in [-0.1, -0.05) is 18.2 Å². The number of halogens is 1. The van der Waals surface area contributed by atoms with Crippen LogP contribution in [0, 0.1) is 5.82 Å². The Labute approximate surface area is 172 Å². The highest BCUT2D eigenvalue weighted by molar-refractivity contribution is 5.56. The minimum absolute atomic E-state index is 0.209. The van der Waals surface area contributed by atoms with Gasteiger partial charge < -0.3 is 4.90 Å². The number of hydrogen-bond acceptors (Lipinski definition) is 5. The van der Waals surface area contributed by atoms with Crippen molar-refractivity contribution in [2.45, 2.75) is 6.54 Å². The van der Waals surface area contributed by atoms with Crippen molar-refractivity contribution in [2.75, 3.05) is 31.1 Å². The zero-order chi connectivity index (χ0) is 20.5. The predicted octanol–water partition coefficient (Wildman–Crippen LogP) is 2.55. The highest BCUT2D eigenvalue weighted by atomic mass is 19.1. The maximum Gasteiger partial charge on any atom is 0.274 e. The number of nitrogens with zero attached hydrogens (tertiary/aromatic N) is 5. The summed E-state index contributed by atoms with van der Waals surface area (Å²) >= 11 is 0. The van der Waals surface area contributed by atoms with E-state index >= 15 is 0 Å². The van der Waals surface area contributed by atoms with Gasteiger partial charge in [-0.15, -0.1) is 0 Å². The molecule has 1 aliphatic rings. The lowest BCUT2D eigenvalue weighted by Gasteiger charge is -2.35. The van der Waals surface area contributed by atoms with Crippen LogP contribution in [-0.4, -0.2) is 50.7 Å². The van der Waals surface area contributed by atoms with Crippen LogP contribution in [0.15, 0.2) is 65.5 Å². The summed E-state index contributed by atoms with van der Waals surface area (Å²) in [6.07, 6.45) is 0. The Kier molecular flexibility index (Phi) is 4.76. The van der Waals surface area contributed by atoms with Gasteiger partial charge in [0.05, 0.1) is 5.69 Å². The second-order valence-electron chi connectivity index (χ2n) is 7.40. The molecular formula is C22H21FN6O. The van der Waals surface area contributed by atoms with E-state index < -0.39 is 0 Å². The van der Waals surface area contributed by atoms with E-state index in [4.69, 9.17) is 0 Å². The lowest BCUT2D eigenvalue weighted by Crippen LogP contribution is -2.46. The zero-order valence-corrected chi connectivity index (χ0v) is 16.3. The fourth-order valence-electron chi connectivity index (χ4n) is 3.78. The van der Waals surface area contributed by atoms with E-state index in [9.17, 15) is 9.18 Å². The molecule has 1 N–H and O–H groups in total. The minimum atomic E-state index is -0.320. The summed E-state index contributed by atoms with van der Waals surface area (Å²) in [5.41, 5.74) is 2.42. The van der Waals surface area contributed by atoms with Gasteiger partial charge in [-0.3, -0.25) is 14.8 Å². The molecule has 152 valence electrons. The number of anilines is 1. The van der Waals surface area contributed by atoms with Crippen LogP contribution in [0.3, 0.4) is 0 Å². The van der Waals surface area contributed by atoms with Crippen molar-refractivity contribution in [3.63, 3.8) is 0 Å². The van der Waals surface area contributed by atoms with Gasteiger partial charge in [0.1, 0.15) is 5.82 Å². The second-order valence-corrected chi connectivity index (χ2v) is 7.40. The topological polar surface area (TPSA) is 69.5 Å². The number of para-hydroxylation sites is 1. The normalized spacial score (nSPS) is 15.0. The third-order valence-corrected chi connectivity index (χ3v) is 5.38. The van der Waals surface area contributed by atoms with Crippen LogP contribution in [-0.2, 0) is 6.54 Å². The van der Waals surface area contributed by atoms with Crippen molar-refractivity contribution in [3.8, 4) is 11.4 Å². The molecule has 0 radical (unpaired) electrons. The number of aromatic nitrogens is 4. The average molecular weight is 404 g/mol. The molecule has 7 nitrogen and oxygen atoms in total. The first-order valence-corrected chi connectivity index (χ1v) is 9.93. The average Bonchev–Trinajstić information content (AvgIpc) is 3.20. The molecule has 0 saturated carbocycles. The van der Waals surface area contributed by atoms with Crippen LogP contribution >= 0.6 is 0 Å². The Hall–Kier alpha value is -3.52. The highest BCUT2D eigenvalue weighted by Crippen LogP contribution is 2.17. The number of rotatable bonds is 4. The summed E-state index contributed by atoms with van der Waals surface area (Å²) in [5, 5.41) is 2.94. The van der Waals surface area contributed by atoms with E-state index in [1.165, 1.54) is 22.3 Å². The number of benzene rings is 2. The van der Waals surface area contributed by atoms with Crippen molar-refractivity contribution in [1.82, 2.24) is 24.5 Å². The summed E-state index contributed by atoms with van der Waals surface area (Å²) in [4.78, 5) is 26.2. The van der Waals surface area contributed by atoms with E-state index in [-0.39, 0.29) is 11.4 Å². The third kappa shape index (κ3) is 3.69. The number of nitrogens with one attached hydrogen (secondary N) is 1. The Balaban J connectivity index is 1.32. The monoisotopic (exact) mass is 404 g/mol. The van der Waals surface area contributed by atoms with Gasteiger partial charge in [0.25, 0.3) is 11.3 Å². The molecular weight excluding hydrogens is 383 g/mol. The molecule has 1 saturated heterocycles. The molecule has 5 rings (SSSR count). The maximum atomic E-state index is 13.2. The Morgan fingerprint density at radius 1 is 0.933 bits per heavy atom. The number of piperazine rings is 1. The predicted molar refractivity (Wildman–Crippen MR) is 113 cm³/mol. The fraction of sp³-hybridized carbons (Fsp3) is 0.227. The lowest BCUT2D eigenvalue weighted by atomic mass is 10.2. The first-order valence-electron chi connectivity index (χ1n) is 9.93. The Bertz CT molecular complexity index is 1210. The SMILES string of the molecule is O=c1cc(CN2CCN(c3ccccc3)CC2)nc2nc(-c3ccc(F)cc3)[nH]n12. The maximum absolute atomic E-state index is 13.2. The highest BCUT2D eigenvalue weighted by Gasteiger charge is 2.18. The van der Waals surface area contributed by atoms with Crippen molar-refractivity contribution < 1.29 is 4.39 Å². The van der Waals surface area contributed by atoms with E-state index in [2.05, 4.69) is 49.1 Å². The number of hydrogen-bond donors (Lipinski definition) is 1. The van der Waals surface area contributed by atoms with Crippen molar-refractivity contribution in [3.05, 3.63) is 82.5 Å². The van der Waals surface area contributed by atoms with Gasteiger partial charge in [0.15, 0.2) is 5.82 Å². The number of H-pyrrole nitrogens is 1. The number of aromatic amines is 1. The van der Waals surface area contributed by atoms with Crippen LogP contribution in [0.25, 0.3) is 17.2 Å². The van der Waals surface area contributed by atoms with Crippen LogP contribution < -0.4 is 10.5 Å². The summed E-state index contributed by atoms with van der Waals surface area (Å²) in [6.45, 7) is 4.27. The van der Waals surface area contributed by atoms with Gasteiger partial charge in [-0.05, 0) is 36.4 Å². The van der Waals surface area contributed by atoms with Crippen molar-refractivity contribution >= 4 is 11.5 Å². The number of fused-ring (bicyclic) bond motifs is 1. The summed E-state index contributed by atoms with van der Waals surface area (Å²) in [7, 11) is 0. The summed E-state index contributed by atoms with van der Waals surface area (Å²) < 4.78 is 14.5. The molecule has 1 fully saturated rings. The molecule has 0 atom stereocenters. The molecule has 30 heavy (non-hydrogen) atoms. The van der Waals surface area contributed by atoms with Gasteiger partial charge >= 0.3 is 0 Å². The molecule has 0 spiro atoms. The van der Waals surface area contributed by atoms with Crippen molar-refractivity contribution in [1.29, 1.82) is 0 Å². The minimum Gasteiger partial charge on any atom is -0.369 e. The summed E-state index contributed by atoms with van der Waals surface area (Å²) in [6, 6.07) is 17.9. The molecule has 0 aliphatic carbocycles. The van der Waals surface area contributed by atoms with Crippen LogP contribution in [0.5, 0.6) is 0 Å². The van der Waals surface area contributed by atoms with E-state index in [0.717, 1.165) is 26.2 Å². The Morgan fingerprint density at radius 2 is 1.67 bits per heavy atom. The Morgan fingerprint density at radius 3 is 2.40 bits per heavy atom. The fourth-order valence-corrected chi connectivity index (χ4v) is 3.78. The van der Waals surface area contributed by atoms with E-state index in [1.807, 2.05) is 6.07 Å². The van der Waals surface area contributed by atoms with Crippen LogP contribution in [0.1, 0.15) is 5.69 Å². The third-order valence-electron chi connectivity index (χ3n) is 5.38. The zero-order valence-electron chi connectivity index (χ0n) is 16.3. The molecule has 3 heterocycles. The second kappa shape index (κ2) is 7.72. The quantitative estimate of drug-likeness (QED) is 0.566. The van der Waals surface area contributed by atoms with Gasteiger partial charge in [-0.2, -0.15) is 9.50 Å². The van der Waals surface area contributed by atoms with E-state index in [1.54, 1.807) is 18.2 Å². The standard InChI is InChI=1S/C22H21FN6O/c23-17-8-6-16(7-9-17)21-25-22-24-18(14-20(30)29(22)26-21)15-27-10-12-28(13-11-27)19-4-2-1-3-5-19/h1-9,14H,10-13,15H2,(H,24,25,26). The molecule has 1 aliphatic heterocycles. The van der Waals surface area contributed by atoms with Crippen molar-refractivity contribution in [2.24, 2.45) is 0 Å². The molecule has 2 aromatic carbocycles. The largest absolute Gasteiger partial charge is 0.369 e. The van der Waals surface area contributed by atoms with E-state index in [0.29, 0.717) is 29.4 Å².